The molecule has 1 aliphatic rings. The Kier molecular flexibility index (Phi) is 6.85. The van der Waals surface area contributed by atoms with E-state index in [0.29, 0.717) is 11.7 Å². The SMILES string of the molecule is CCC1CSc2cc(O/C=C(\F)C=O)c(SC)cc2N(c2ccccc2)C1. The van der Waals surface area contributed by atoms with Crippen molar-refractivity contribution in [3.63, 3.8) is 0 Å². The highest BCUT2D eigenvalue weighted by molar-refractivity contribution is 7.99. The molecule has 1 unspecified atom stereocenters. The Bertz CT molecular complexity index is 826. The third-order valence-electron chi connectivity index (χ3n) is 4.51. The van der Waals surface area contributed by atoms with Gasteiger partial charge in [-0.15, -0.1) is 23.5 Å². The lowest BCUT2D eigenvalue weighted by Crippen LogP contribution is -2.24. The van der Waals surface area contributed by atoms with Gasteiger partial charge >= 0.3 is 0 Å². The standard InChI is InChI=1S/C21H22FNO2S2/c1-3-15-11-23(17-7-5-4-6-8-17)18-9-21(26-2)19(10-20(18)27-14-15)25-13-16(22)12-24/h4-10,12-13,15H,3,11,14H2,1-2H3/b16-13-. The van der Waals surface area contributed by atoms with Gasteiger partial charge in [0.2, 0.25) is 0 Å². The number of para-hydroxylation sites is 1. The van der Waals surface area contributed by atoms with Crippen LogP contribution in [0.25, 0.3) is 0 Å². The average molecular weight is 404 g/mol. The summed E-state index contributed by atoms with van der Waals surface area (Å²) in [7, 11) is 0. The van der Waals surface area contributed by atoms with E-state index in [-0.39, 0.29) is 6.29 Å². The van der Waals surface area contributed by atoms with E-state index in [4.69, 9.17) is 4.74 Å². The van der Waals surface area contributed by atoms with Crippen LogP contribution >= 0.6 is 23.5 Å². The monoisotopic (exact) mass is 403 g/mol. The number of fused-ring (bicyclic) bond motifs is 1. The molecule has 0 radical (unpaired) electrons. The number of nitrogens with zero attached hydrogens (tertiary/aromatic N) is 1. The Hall–Kier alpha value is -1.92. The number of carbonyl (C=O) groups excluding carboxylic acids is 1. The Morgan fingerprint density at radius 2 is 2.15 bits per heavy atom. The van der Waals surface area contributed by atoms with Gasteiger partial charge < -0.3 is 9.64 Å². The number of hydrogen-bond acceptors (Lipinski definition) is 5. The molecule has 0 saturated heterocycles. The van der Waals surface area contributed by atoms with Crippen molar-refractivity contribution in [1.29, 1.82) is 0 Å². The molecule has 0 aliphatic carbocycles. The maximum atomic E-state index is 13.2. The van der Waals surface area contributed by atoms with Crippen molar-refractivity contribution in [3.05, 3.63) is 54.6 Å². The second kappa shape index (κ2) is 9.33. The second-order valence-corrected chi connectivity index (χ2v) is 8.15. The summed E-state index contributed by atoms with van der Waals surface area (Å²) in [4.78, 5) is 14.8. The van der Waals surface area contributed by atoms with Crippen LogP contribution in [-0.2, 0) is 4.79 Å². The number of hydrogen-bond donors (Lipinski definition) is 0. The lowest BCUT2D eigenvalue weighted by Gasteiger charge is -2.28. The first-order valence-corrected chi connectivity index (χ1v) is 11.0. The summed E-state index contributed by atoms with van der Waals surface area (Å²) in [5, 5.41) is 0. The molecule has 2 aromatic carbocycles. The third kappa shape index (κ3) is 4.68. The molecule has 0 bridgehead atoms. The number of aldehydes is 1. The molecular formula is C21H22FNO2S2. The summed E-state index contributed by atoms with van der Waals surface area (Å²) in [6.07, 6.45) is 4.07. The number of halogens is 1. The zero-order valence-electron chi connectivity index (χ0n) is 15.4. The molecule has 2 aromatic rings. The number of ether oxygens (including phenoxy) is 1. The molecule has 6 heteroatoms. The Morgan fingerprint density at radius 3 is 2.81 bits per heavy atom. The second-order valence-electron chi connectivity index (χ2n) is 6.24. The minimum Gasteiger partial charge on any atom is -0.461 e. The van der Waals surface area contributed by atoms with Gasteiger partial charge in [-0.3, -0.25) is 4.79 Å². The summed E-state index contributed by atoms with van der Waals surface area (Å²) in [5.74, 6) is 1.22. The zero-order chi connectivity index (χ0) is 19.2. The van der Waals surface area contributed by atoms with E-state index in [2.05, 4.69) is 30.0 Å². The van der Waals surface area contributed by atoms with E-state index in [0.717, 1.165) is 46.1 Å². The normalized spacial score (nSPS) is 17.2. The predicted octanol–water partition coefficient (Wildman–Crippen LogP) is 6.07. The molecule has 1 heterocycles. The quantitative estimate of drug-likeness (QED) is 0.253. The maximum absolute atomic E-state index is 13.2. The topological polar surface area (TPSA) is 29.5 Å². The van der Waals surface area contributed by atoms with E-state index in [1.54, 1.807) is 11.8 Å². The van der Waals surface area contributed by atoms with Crippen LogP contribution in [-0.4, -0.2) is 24.8 Å². The van der Waals surface area contributed by atoms with Gasteiger partial charge in [0.25, 0.3) is 0 Å². The predicted molar refractivity (Wildman–Crippen MR) is 112 cm³/mol. The van der Waals surface area contributed by atoms with Crippen LogP contribution in [0.4, 0.5) is 15.8 Å². The summed E-state index contributed by atoms with van der Waals surface area (Å²) < 4.78 is 18.6. The fourth-order valence-electron chi connectivity index (χ4n) is 2.97. The zero-order valence-corrected chi connectivity index (χ0v) is 17.0. The molecule has 0 spiro atoms. The maximum Gasteiger partial charge on any atom is 0.197 e. The van der Waals surface area contributed by atoms with Gasteiger partial charge in [0.05, 0.1) is 10.6 Å². The average Bonchev–Trinajstić information content (AvgIpc) is 2.90. The van der Waals surface area contributed by atoms with Crippen LogP contribution < -0.4 is 9.64 Å². The fraction of sp³-hybridized carbons (Fsp3) is 0.286. The largest absolute Gasteiger partial charge is 0.461 e. The molecule has 27 heavy (non-hydrogen) atoms. The number of allylic oxidation sites excluding steroid dienone is 1. The minimum atomic E-state index is -0.929. The molecule has 0 amide bonds. The van der Waals surface area contributed by atoms with Gasteiger partial charge in [-0.25, -0.2) is 0 Å². The van der Waals surface area contributed by atoms with Gasteiger partial charge in [0.15, 0.2) is 12.1 Å². The number of benzene rings is 2. The van der Waals surface area contributed by atoms with Crippen molar-refractivity contribution in [2.45, 2.75) is 23.1 Å². The van der Waals surface area contributed by atoms with E-state index < -0.39 is 5.83 Å². The first-order valence-electron chi connectivity index (χ1n) is 8.81. The molecule has 0 aromatic heterocycles. The summed E-state index contributed by atoms with van der Waals surface area (Å²) in [6.45, 7) is 3.17. The Morgan fingerprint density at radius 1 is 1.37 bits per heavy atom. The van der Waals surface area contributed by atoms with Crippen molar-refractivity contribution in [2.75, 3.05) is 23.5 Å². The van der Waals surface area contributed by atoms with Crippen LogP contribution in [0.3, 0.4) is 0 Å². The van der Waals surface area contributed by atoms with Gasteiger partial charge in [0.1, 0.15) is 12.0 Å². The molecular weight excluding hydrogens is 381 g/mol. The highest BCUT2D eigenvalue weighted by Crippen LogP contribution is 2.45. The minimum absolute atomic E-state index is 0.139. The Labute approximate surface area is 168 Å². The number of anilines is 2. The summed E-state index contributed by atoms with van der Waals surface area (Å²) in [5.41, 5.74) is 2.30. The summed E-state index contributed by atoms with van der Waals surface area (Å²) in [6, 6.07) is 14.4. The molecule has 3 nitrogen and oxygen atoms in total. The Balaban J connectivity index is 2.06. The van der Waals surface area contributed by atoms with E-state index in [1.807, 2.05) is 30.5 Å². The van der Waals surface area contributed by atoms with Crippen LogP contribution in [0.2, 0.25) is 0 Å². The first kappa shape index (κ1) is 19.8. The van der Waals surface area contributed by atoms with Gasteiger partial charge in [-0.1, -0.05) is 31.5 Å². The highest BCUT2D eigenvalue weighted by Gasteiger charge is 2.24. The molecule has 1 atom stereocenters. The molecule has 0 saturated carbocycles. The van der Waals surface area contributed by atoms with Crippen molar-refractivity contribution in [1.82, 2.24) is 0 Å². The van der Waals surface area contributed by atoms with Crippen molar-refractivity contribution < 1.29 is 13.9 Å². The molecule has 3 rings (SSSR count). The lowest BCUT2D eigenvalue weighted by molar-refractivity contribution is -0.106. The van der Waals surface area contributed by atoms with Gasteiger partial charge in [0, 0.05) is 22.9 Å². The van der Waals surface area contributed by atoms with Crippen molar-refractivity contribution in [2.24, 2.45) is 5.92 Å². The third-order valence-corrected chi connectivity index (χ3v) is 6.54. The van der Waals surface area contributed by atoms with Gasteiger partial charge in [-0.05, 0) is 36.4 Å². The smallest absolute Gasteiger partial charge is 0.197 e. The van der Waals surface area contributed by atoms with Crippen LogP contribution in [0.15, 0.2) is 64.3 Å². The van der Waals surface area contributed by atoms with Crippen LogP contribution in [0.1, 0.15) is 13.3 Å². The fourth-order valence-corrected chi connectivity index (χ4v) is 4.77. The highest BCUT2D eigenvalue weighted by atomic mass is 32.2. The van der Waals surface area contributed by atoms with Crippen molar-refractivity contribution in [3.8, 4) is 5.75 Å². The van der Waals surface area contributed by atoms with Gasteiger partial charge in [-0.2, -0.15) is 4.39 Å². The van der Waals surface area contributed by atoms with Crippen LogP contribution in [0.5, 0.6) is 5.75 Å². The first-order chi connectivity index (χ1) is 13.2. The molecule has 142 valence electrons. The van der Waals surface area contributed by atoms with E-state index in [1.165, 1.54) is 11.8 Å². The van der Waals surface area contributed by atoms with Crippen LogP contribution in [0, 0.1) is 5.92 Å². The number of rotatable bonds is 6. The summed E-state index contributed by atoms with van der Waals surface area (Å²) >= 11 is 3.34. The lowest BCUT2D eigenvalue weighted by atomic mass is 10.1. The molecule has 0 fully saturated rings. The molecule has 1 aliphatic heterocycles. The van der Waals surface area contributed by atoms with E-state index >= 15 is 0 Å². The van der Waals surface area contributed by atoms with E-state index in [9.17, 15) is 9.18 Å². The number of carbonyl (C=O) groups is 1. The van der Waals surface area contributed by atoms with Crippen molar-refractivity contribution >= 4 is 41.2 Å². The number of thioether (sulfide) groups is 2. The molecule has 0 N–H and O–H groups in total.